The molecule has 0 bridgehead atoms. The Morgan fingerprint density at radius 2 is 1.37 bits per heavy atom. The van der Waals surface area contributed by atoms with Gasteiger partial charge in [0.1, 0.15) is 0 Å². The Morgan fingerprint density at radius 3 is 2.07 bits per heavy atom. The normalized spacial score (nSPS) is 22.9. The van der Waals surface area contributed by atoms with Crippen LogP contribution in [0.25, 0.3) is 21.5 Å². The van der Waals surface area contributed by atoms with E-state index in [-0.39, 0.29) is 16.9 Å². The van der Waals surface area contributed by atoms with Crippen molar-refractivity contribution >= 4 is 44.5 Å². The lowest BCUT2D eigenvalue weighted by Gasteiger charge is -2.30. The summed E-state index contributed by atoms with van der Waals surface area (Å²) < 4.78 is 0. The lowest BCUT2D eigenvalue weighted by Crippen LogP contribution is -2.37. The van der Waals surface area contributed by atoms with Crippen molar-refractivity contribution in [2.75, 3.05) is 23.9 Å². The first-order chi connectivity index (χ1) is 20.6. The molecule has 0 saturated carbocycles. The molecule has 4 aromatic carbocycles. The van der Waals surface area contributed by atoms with E-state index in [1.165, 1.54) is 60.9 Å². The fourth-order valence-electron chi connectivity index (χ4n) is 8.17. The van der Waals surface area contributed by atoms with E-state index in [0.717, 1.165) is 24.3 Å². The van der Waals surface area contributed by atoms with Crippen molar-refractivity contribution in [3.8, 4) is 0 Å². The fourth-order valence-corrected chi connectivity index (χ4v) is 8.49. The minimum absolute atomic E-state index is 0.0238. The summed E-state index contributed by atoms with van der Waals surface area (Å²) in [4.78, 5) is 4.80. The summed E-state index contributed by atoms with van der Waals surface area (Å²) in [5.74, 6) is 0. The molecule has 43 heavy (non-hydrogen) atoms. The largest absolute Gasteiger partial charge is 0.367 e. The summed E-state index contributed by atoms with van der Waals surface area (Å²) in [7, 11) is 4.42. The quantitative estimate of drug-likeness (QED) is 0.236. The van der Waals surface area contributed by atoms with Crippen molar-refractivity contribution < 1.29 is 0 Å². The van der Waals surface area contributed by atoms with Gasteiger partial charge in [0.15, 0.2) is 0 Å². The van der Waals surface area contributed by atoms with Gasteiger partial charge in [0, 0.05) is 47.0 Å². The van der Waals surface area contributed by atoms with E-state index < -0.39 is 0 Å². The van der Waals surface area contributed by atoms with Gasteiger partial charge in [-0.1, -0.05) is 118 Å². The van der Waals surface area contributed by atoms with Crippen LogP contribution in [0, 0.1) is 0 Å². The molecule has 0 N–H and O–H groups in total. The first-order valence-corrected chi connectivity index (χ1v) is 16.0. The minimum atomic E-state index is -0.104. The molecule has 1 aliphatic carbocycles. The molecule has 1 atom stereocenters. The van der Waals surface area contributed by atoms with Crippen molar-refractivity contribution in [1.82, 2.24) is 0 Å². The number of rotatable bonds is 3. The third kappa shape index (κ3) is 4.29. The number of nitrogens with zero attached hydrogens (tertiary/aromatic N) is 2. The second-order valence-corrected chi connectivity index (χ2v) is 14.0. The zero-order valence-corrected chi connectivity index (χ0v) is 27.0. The molecule has 0 spiro atoms. The lowest BCUT2D eigenvalue weighted by molar-refractivity contribution is 0.490. The Labute approximate surface area is 261 Å². The molecule has 0 saturated heterocycles. The Hall–Kier alpha value is -3.75. The predicted molar refractivity (Wildman–Crippen MR) is 187 cm³/mol. The van der Waals surface area contributed by atoms with Crippen molar-refractivity contribution in [3.05, 3.63) is 130 Å². The SMILES string of the molecule is CN1C(=CC=C2CCCC(C=CC3N(C)c4ccc5ccccc5c4C3(C)C)=C2Cl)C(C)(C)c2c1ccc1ccccc21. The molecule has 0 fully saturated rings. The van der Waals surface area contributed by atoms with Gasteiger partial charge in [-0.15, -0.1) is 0 Å². The van der Waals surface area contributed by atoms with Crippen LogP contribution in [0.15, 0.2) is 119 Å². The van der Waals surface area contributed by atoms with Gasteiger partial charge in [0.2, 0.25) is 0 Å². The van der Waals surface area contributed by atoms with Crippen LogP contribution in [0.1, 0.15) is 58.1 Å². The Kier molecular flexibility index (Phi) is 6.63. The lowest BCUT2D eigenvalue weighted by atomic mass is 9.78. The van der Waals surface area contributed by atoms with Gasteiger partial charge in [-0.05, 0) is 81.3 Å². The standard InChI is InChI=1S/C40H41ClN2/c1-39(2)34(42(5)32-22-18-26-12-7-9-16-30(26)36(32)39)24-20-28-14-11-15-29(38(28)41)21-25-35-40(3,4)37-31-17-10-8-13-27(31)19-23-33(37)43(35)6/h7-10,12-13,16-25,34H,11,14-15H2,1-6H3. The highest BCUT2D eigenvalue weighted by molar-refractivity contribution is 6.32. The molecular weight excluding hydrogens is 544 g/mol. The van der Waals surface area contributed by atoms with E-state index in [1.54, 1.807) is 0 Å². The minimum Gasteiger partial charge on any atom is -0.367 e. The number of hydrogen-bond donors (Lipinski definition) is 0. The molecule has 4 aromatic rings. The molecule has 2 nitrogen and oxygen atoms in total. The van der Waals surface area contributed by atoms with Gasteiger partial charge in [0.05, 0.1) is 6.04 Å². The number of likely N-dealkylation sites (N-methyl/N-ethyl adjacent to an activating group) is 2. The van der Waals surface area contributed by atoms with E-state index in [1.807, 2.05) is 0 Å². The van der Waals surface area contributed by atoms with Gasteiger partial charge in [-0.25, -0.2) is 0 Å². The second-order valence-electron chi connectivity index (χ2n) is 13.6. The third-order valence-electron chi connectivity index (χ3n) is 10.4. The summed E-state index contributed by atoms with van der Waals surface area (Å²) in [6.45, 7) is 9.46. The average Bonchev–Trinajstić information content (AvgIpc) is 3.33. The molecule has 3 heteroatoms. The maximum Gasteiger partial charge on any atom is 0.0565 e. The molecule has 0 radical (unpaired) electrons. The first-order valence-electron chi connectivity index (χ1n) is 15.6. The molecule has 2 aliphatic heterocycles. The van der Waals surface area contributed by atoms with Crippen molar-refractivity contribution in [3.63, 3.8) is 0 Å². The monoisotopic (exact) mass is 584 g/mol. The van der Waals surface area contributed by atoms with Crippen molar-refractivity contribution in [2.24, 2.45) is 0 Å². The Balaban J connectivity index is 1.20. The van der Waals surface area contributed by atoms with Gasteiger partial charge >= 0.3 is 0 Å². The maximum atomic E-state index is 7.17. The second kappa shape index (κ2) is 10.2. The maximum absolute atomic E-state index is 7.17. The van der Waals surface area contributed by atoms with Crippen LogP contribution >= 0.6 is 11.6 Å². The summed E-state index contributed by atoms with van der Waals surface area (Å²) in [6.07, 6.45) is 12.4. The van der Waals surface area contributed by atoms with E-state index in [9.17, 15) is 0 Å². The predicted octanol–water partition coefficient (Wildman–Crippen LogP) is 10.6. The number of benzene rings is 4. The molecule has 0 amide bonds. The van der Waals surface area contributed by atoms with Crippen LogP contribution in [0.4, 0.5) is 11.4 Å². The number of hydrogen-bond acceptors (Lipinski definition) is 2. The third-order valence-corrected chi connectivity index (χ3v) is 10.8. The number of halogens is 1. The van der Waals surface area contributed by atoms with Crippen LogP contribution in [0.3, 0.4) is 0 Å². The molecule has 1 unspecified atom stereocenters. The van der Waals surface area contributed by atoms with Crippen molar-refractivity contribution in [1.29, 1.82) is 0 Å². The highest BCUT2D eigenvalue weighted by Gasteiger charge is 2.43. The van der Waals surface area contributed by atoms with Gasteiger partial charge in [0.25, 0.3) is 0 Å². The first kappa shape index (κ1) is 28.0. The number of fused-ring (bicyclic) bond motifs is 6. The van der Waals surface area contributed by atoms with Gasteiger partial charge in [-0.3, -0.25) is 0 Å². The zero-order valence-electron chi connectivity index (χ0n) is 26.2. The summed E-state index contributed by atoms with van der Waals surface area (Å²) in [5.41, 5.74) is 9.12. The van der Waals surface area contributed by atoms with Crippen molar-refractivity contribution in [2.45, 2.75) is 63.8 Å². The molecule has 2 heterocycles. The summed E-state index contributed by atoms with van der Waals surface area (Å²) in [5, 5.41) is 6.22. The highest BCUT2D eigenvalue weighted by atomic mass is 35.5. The zero-order chi connectivity index (χ0) is 30.1. The topological polar surface area (TPSA) is 6.48 Å². The summed E-state index contributed by atoms with van der Waals surface area (Å²) >= 11 is 7.17. The van der Waals surface area contributed by atoms with Crippen LogP contribution in [-0.2, 0) is 10.8 Å². The van der Waals surface area contributed by atoms with E-state index in [2.05, 4.69) is 149 Å². The Bertz CT molecular complexity index is 1900. The summed E-state index contributed by atoms with van der Waals surface area (Å²) in [6, 6.07) is 26.8. The molecule has 218 valence electrons. The molecule has 0 aromatic heterocycles. The van der Waals surface area contributed by atoms with Crippen LogP contribution in [0.2, 0.25) is 0 Å². The highest BCUT2D eigenvalue weighted by Crippen LogP contribution is 2.51. The van der Waals surface area contributed by atoms with Crippen LogP contribution in [0.5, 0.6) is 0 Å². The number of anilines is 2. The molecular formula is C40H41ClN2. The smallest absolute Gasteiger partial charge is 0.0565 e. The fraction of sp³-hybridized carbons (Fsp3) is 0.300. The van der Waals surface area contributed by atoms with Crippen LogP contribution in [-0.4, -0.2) is 20.1 Å². The van der Waals surface area contributed by atoms with Gasteiger partial charge < -0.3 is 9.80 Å². The van der Waals surface area contributed by atoms with E-state index in [0.29, 0.717) is 0 Å². The van der Waals surface area contributed by atoms with E-state index >= 15 is 0 Å². The Morgan fingerprint density at radius 1 is 0.744 bits per heavy atom. The van der Waals surface area contributed by atoms with Gasteiger partial charge in [-0.2, -0.15) is 0 Å². The molecule has 3 aliphatic rings. The molecule has 7 rings (SSSR count). The number of allylic oxidation sites excluding steroid dienone is 7. The van der Waals surface area contributed by atoms with E-state index in [4.69, 9.17) is 11.6 Å². The van der Waals surface area contributed by atoms with Crippen LogP contribution < -0.4 is 9.80 Å². The average molecular weight is 585 g/mol.